The van der Waals surface area contributed by atoms with Gasteiger partial charge in [0.05, 0.1) is 13.0 Å². The monoisotopic (exact) mass is 390 g/mol. The van der Waals surface area contributed by atoms with E-state index in [0.29, 0.717) is 35.5 Å². The van der Waals surface area contributed by atoms with Crippen LogP contribution in [0.1, 0.15) is 30.7 Å². The number of nitrogens with one attached hydrogen (secondary N) is 2. The van der Waals surface area contributed by atoms with Crippen molar-refractivity contribution in [2.24, 2.45) is 5.92 Å². The number of Topliss-reactive ketones (excluding diaryl/α,β-unsaturated/α-hetero) is 1. The summed E-state index contributed by atoms with van der Waals surface area (Å²) in [6.45, 7) is 0. The minimum atomic E-state index is -0.773. The third-order valence-corrected chi connectivity index (χ3v) is 5.48. The third-order valence-electron chi connectivity index (χ3n) is 5.48. The van der Waals surface area contributed by atoms with Gasteiger partial charge >= 0.3 is 0 Å². The number of allylic oxidation sites excluding steroid dienone is 1. The van der Waals surface area contributed by atoms with Crippen LogP contribution in [0.5, 0.6) is 5.75 Å². The van der Waals surface area contributed by atoms with Gasteiger partial charge in [-0.25, -0.2) is 0 Å². The number of amides is 2. The highest BCUT2D eigenvalue weighted by molar-refractivity contribution is 6.09. The van der Waals surface area contributed by atoms with Gasteiger partial charge in [-0.15, -0.1) is 0 Å². The highest BCUT2D eigenvalue weighted by Gasteiger charge is 2.40. The van der Waals surface area contributed by atoms with E-state index < -0.39 is 5.92 Å². The molecule has 4 rings (SSSR count). The summed E-state index contributed by atoms with van der Waals surface area (Å²) < 4.78 is 5.12. The van der Waals surface area contributed by atoms with Crippen LogP contribution in [0.3, 0.4) is 0 Å². The molecule has 29 heavy (non-hydrogen) atoms. The zero-order valence-electron chi connectivity index (χ0n) is 16.1. The van der Waals surface area contributed by atoms with Crippen molar-refractivity contribution in [3.63, 3.8) is 0 Å². The molecule has 6 nitrogen and oxygen atoms in total. The van der Waals surface area contributed by atoms with Crippen LogP contribution >= 0.6 is 0 Å². The average molecular weight is 390 g/mol. The van der Waals surface area contributed by atoms with Gasteiger partial charge in [-0.3, -0.25) is 14.4 Å². The summed E-state index contributed by atoms with van der Waals surface area (Å²) in [5, 5.41) is 5.65. The fourth-order valence-electron chi connectivity index (χ4n) is 4.05. The molecular formula is C23H22N2O4. The summed E-state index contributed by atoms with van der Waals surface area (Å²) in [5.41, 5.74) is 2.69. The van der Waals surface area contributed by atoms with E-state index in [0.717, 1.165) is 5.56 Å². The SMILES string of the molecule is COc1ccc(NC(=O)[C@H]2CC(=O)NC3=C2C(=O)C[C@H](c2ccccc2)C3)cc1. The molecule has 0 aromatic heterocycles. The third kappa shape index (κ3) is 3.92. The van der Waals surface area contributed by atoms with E-state index in [1.165, 1.54) is 0 Å². The van der Waals surface area contributed by atoms with Crippen LogP contribution in [-0.2, 0) is 14.4 Å². The number of ketones is 1. The Bertz CT molecular complexity index is 980. The summed E-state index contributed by atoms with van der Waals surface area (Å²) in [6.07, 6.45) is 0.858. The summed E-state index contributed by atoms with van der Waals surface area (Å²) in [5.74, 6) is -0.741. The maximum absolute atomic E-state index is 13.0. The average Bonchev–Trinajstić information content (AvgIpc) is 2.74. The van der Waals surface area contributed by atoms with Crippen molar-refractivity contribution in [3.05, 3.63) is 71.4 Å². The van der Waals surface area contributed by atoms with Crippen molar-refractivity contribution in [1.82, 2.24) is 5.32 Å². The topological polar surface area (TPSA) is 84.5 Å². The van der Waals surface area contributed by atoms with Gasteiger partial charge in [0.25, 0.3) is 0 Å². The quantitative estimate of drug-likeness (QED) is 0.840. The molecular weight excluding hydrogens is 368 g/mol. The number of ether oxygens (including phenoxy) is 1. The van der Waals surface area contributed by atoms with Crippen molar-refractivity contribution in [1.29, 1.82) is 0 Å². The van der Waals surface area contributed by atoms with Crippen LogP contribution in [0.2, 0.25) is 0 Å². The Morgan fingerprint density at radius 3 is 2.41 bits per heavy atom. The number of rotatable bonds is 4. The zero-order chi connectivity index (χ0) is 20.4. The number of carbonyl (C=O) groups is 3. The lowest BCUT2D eigenvalue weighted by Crippen LogP contribution is -2.43. The molecule has 1 aliphatic carbocycles. The molecule has 0 radical (unpaired) electrons. The minimum absolute atomic E-state index is 0.00569. The van der Waals surface area contributed by atoms with Crippen LogP contribution in [0, 0.1) is 5.92 Å². The van der Waals surface area contributed by atoms with Gasteiger partial charge in [-0.2, -0.15) is 0 Å². The Morgan fingerprint density at radius 2 is 1.72 bits per heavy atom. The summed E-state index contributed by atoms with van der Waals surface area (Å²) in [4.78, 5) is 38.1. The Kier molecular flexibility index (Phi) is 5.16. The number of methoxy groups -OCH3 is 1. The van der Waals surface area contributed by atoms with Gasteiger partial charge in [0.2, 0.25) is 11.8 Å². The van der Waals surface area contributed by atoms with E-state index in [9.17, 15) is 14.4 Å². The first kappa shape index (κ1) is 18.9. The van der Waals surface area contributed by atoms with Gasteiger partial charge in [0.15, 0.2) is 5.78 Å². The minimum Gasteiger partial charge on any atom is -0.497 e. The van der Waals surface area contributed by atoms with Crippen molar-refractivity contribution in [2.75, 3.05) is 12.4 Å². The normalized spacial score (nSPS) is 21.3. The van der Waals surface area contributed by atoms with Gasteiger partial charge in [0, 0.05) is 29.8 Å². The van der Waals surface area contributed by atoms with Crippen molar-refractivity contribution < 1.29 is 19.1 Å². The fourth-order valence-corrected chi connectivity index (χ4v) is 4.05. The Balaban J connectivity index is 1.58. The summed E-state index contributed by atoms with van der Waals surface area (Å²) >= 11 is 0. The fraction of sp³-hybridized carbons (Fsp3) is 0.261. The van der Waals surface area contributed by atoms with E-state index in [2.05, 4.69) is 10.6 Å². The molecule has 2 amide bonds. The first-order chi connectivity index (χ1) is 14.0. The molecule has 1 aliphatic heterocycles. The van der Waals surface area contributed by atoms with E-state index >= 15 is 0 Å². The first-order valence-corrected chi connectivity index (χ1v) is 9.61. The van der Waals surface area contributed by atoms with Crippen molar-refractivity contribution in [2.45, 2.75) is 25.2 Å². The van der Waals surface area contributed by atoms with Crippen LogP contribution in [0.4, 0.5) is 5.69 Å². The molecule has 1 heterocycles. The highest BCUT2D eigenvalue weighted by atomic mass is 16.5. The molecule has 2 aromatic carbocycles. The Hall–Kier alpha value is -3.41. The Morgan fingerprint density at radius 1 is 1.00 bits per heavy atom. The van der Waals surface area contributed by atoms with Gasteiger partial charge < -0.3 is 15.4 Å². The van der Waals surface area contributed by atoms with Crippen LogP contribution in [-0.4, -0.2) is 24.7 Å². The van der Waals surface area contributed by atoms with Crippen LogP contribution in [0.15, 0.2) is 65.9 Å². The molecule has 6 heteroatoms. The van der Waals surface area contributed by atoms with Gasteiger partial charge in [-0.05, 0) is 42.2 Å². The number of carbonyl (C=O) groups excluding carboxylic acids is 3. The maximum Gasteiger partial charge on any atom is 0.232 e. The number of benzene rings is 2. The lowest BCUT2D eigenvalue weighted by molar-refractivity contribution is -0.129. The molecule has 0 bridgehead atoms. The first-order valence-electron chi connectivity index (χ1n) is 9.61. The lowest BCUT2D eigenvalue weighted by Gasteiger charge is -2.33. The standard InChI is InChI=1S/C23H22N2O4/c1-29-17-9-7-16(8-10-17)24-23(28)18-13-21(27)25-19-11-15(12-20(26)22(18)19)14-5-3-2-4-6-14/h2-10,15,18H,11-13H2,1H3,(H,24,28)(H,25,27)/t15-,18+/m1/s1. The molecule has 0 saturated heterocycles. The van der Waals surface area contributed by atoms with Crippen LogP contribution in [0.25, 0.3) is 0 Å². The molecule has 2 aromatic rings. The molecule has 148 valence electrons. The number of hydrogen-bond donors (Lipinski definition) is 2. The Labute approximate surface area is 168 Å². The van der Waals surface area contributed by atoms with E-state index in [4.69, 9.17) is 4.74 Å². The van der Waals surface area contributed by atoms with Crippen LogP contribution < -0.4 is 15.4 Å². The smallest absolute Gasteiger partial charge is 0.232 e. The molecule has 0 saturated carbocycles. The predicted octanol–water partition coefficient (Wildman–Crippen LogP) is 3.17. The second kappa shape index (κ2) is 7.91. The summed E-state index contributed by atoms with van der Waals surface area (Å²) in [7, 11) is 1.57. The predicted molar refractivity (Wildman–Crippen MR) is 108 cm³/mol. The molecule has 2 N–H and O–H groups in total. The molecule has 0 unspecified atom stereocenters. The molecule has 2 atom stereocenters. The van der Waals surface area contributed by atoms with Crippen molar-refractivity contribution in [3.8, 4) is 5.75 Å². The zero-order valence-corrected chi connectivity index (χ0v) is 16.1. The summed E-state index contributed by atoms with van der Waals surface area (Å²) in [6, 6.07) is 16.7. The molecule has 0 spiro atoms. The van der Waals surface area contributed by atoms with E-state index in [1.54, 1.807) is 31.4 Å². The molecule has 0 fully saturated rings. The largest absolute Gasteiger partial charge is 0.497 e. The highest BCUT2D eigenvalue weighted by Crippen LogP contribution is 2.39. The van der Waals surface area contributed by atoms with E-state index in [-0.39, 0.29) is 29.9 Å². The number of hydrogen-bond acceptors (Lipinski definition) is 4. The second-order valence-electron chi connectivity index (χ2n) is 7.35. The number of anilines is 1. The second-order valence-corrected chi connectivity index (χ2v) is 7.35. The van der Waals surface area contributed by atoms with Gasteiger partial charge in [-0.1, -0.05) is 30.3 Å². The van der Waals surface area contributed by atoms with E-state index in [1.807, 2.05) is 30.3 Å². The van der Waals surface area contributed by atoms with Gasteiger partial charge in [0.1, 0.15) is 5.75 Å². The van der Waals surface area contributed by atoms with Crippen molar-refractivity contribution >= 4 is 23.3 Å². The maximum atomic E-state index is 13.0. The lowest BCUT2D eigenvalue weighted by atomic mass is 9.75. The molecule has 2 aliphatic rings.